The molecule has 0 aliphatic carbocycles. The molecule has 0 aromatic carbocycles. The Bertz CT molecular complexity index is 565. The number of pyridine rings is 1. The van der Waals surface area contributed by atoms with Crippen molar-refractivity contribution >= 4 is 11.0 Å². The topological polar surface area (TPSA) is 47.1 Å². The molecule has 3 heterocycles. The highest BCUT2D eigenvalue weighted by Gasteiger charge is 2.26. The molecule has 0 bridgehead atoms. The molecule has 0 radical (unpaired) electrons. The Kier molecular flexibility index (Phi) is 2.55. The van der Waals surface area contributed by atoms with Crippen LogP contribution in [0.25, 0.3) is 11.0 Å². The molecule has 4 nitrogen and oxygen atoms in total. The number of hydrogen-bond donors (Lipinski definition) is 1. The van der Waals surface area contributed by atoms with Crippen molar-refractivity contribution in [3.63, 3.8) is 0 Å². The van der Waals surface area contributed by atoms with Crippen LogP contribution in [0.15, 0.2) is 18.3 Å². The van der Waals surface area contributed by atoms with Crippen LogP contribution in [-0.2, 0) is 10.2 Å². The molecule has 1 fully saturated rings. The first-order valence-electron chi connectivity index (χ1n) is 6.27. The number of rotatable bonds is 2. The molecule has 1 aliphatic heterocycles. The zero-order valence-corrected chi connectivity index (χ0v) is 11.0. The van der Waals surface area contributed by atoms with Crippen molar-refractivity contribution in [1.29, 1.82) is 0 Å². The van der Waals surface area contributed by atoms with Gasteiger partial charge in [0.25, 0.3) is 0 Å². The van der Waals surface area contributed by atoms with Crippen molar-refractivity contribution < 1.29 is 9.47 Å². The predicted molar refractivity (Wildman–Crippen MR) is 70.0 cm³/mol. The van der Waals surface area contributed by atoms with Gasteiger partial charge in [-0.2, -0.15) is 4.98 Å². The fraction of sp³-hybridized carbons (Fsp3) is 0.500. The summed E-state index contributed by atoms with van der Waals surface area (Å²) in [6.45, 7) is 7.84. The van der Waals surface area contributed by atoms with Gasteiger partial charge in [0.05, 0.1) is 13.2 Å². The van der Waals surface area contributed by atoms with Gasteiger partial charge in [0.1, 0.15) is 11.8 Å². The SMILES string of the molecule is CC(C)(C)c1cc2cc[nH]c2nc1OC1COC1. The molecule has 1 N–H and O–H groups in total. The van der Waals surface area contributed by atoms with Gasteiger partial charge in [-0.25, -0.2) is 0 Å². The van der Waals surface area contributed by atoms with E-state index in [1.807, 2.05) is 12.3 Å². The molecular formula is C14H18N2O2. The lowest BCUT2D eigenvalue weighted by Crippen LogP contribution is -2.39. The van der Waals surface area contributed by atoms with Crippen molar-refractivity contribution in [1.82, 2.24) is 9.97 Å². The Labute approximate surface area is 106 Å². The van der Waals surface area contributed by atoms with Gasteiger partial charge in [0.2, 0.25) is 5.88 Å². The monoisotopic (exact) mass is 246 g/mol. The van der Waals surface area contributed by atoms with Crippen LogP contribution < -0.4 is 4.74 Å². The molecular weight excluding hydrogens is 228 g/mol. The first kappa shape index (κ1) is 11.5. The fourth-order valence-corrected chi connectivity index (χ4v) is 2.03. The molecule has 4 heteroatoms. The number of nitrogens with one attached hydrogen (secondary N) is 1. The van der Waals surface area contributed by atoms with Gasteiger partial charge in [-0.15, -0.1) is 0 Å². The van der Waals surface area contributed by atoms with Crippen LogP contribution in [0.4, 0.5) is 0 Å². The summed E-state index contributed by atoms with van der Waals surface area (Å²) < 4.78 is 11.1. The van der Waals surface area contributed by atoms with E-state index in [1.54, 1.807) is 0 Å². The van der Waals surface area contributed by atoms with Crippen LogP contribution in [0.5, 0.6) is 5.88 Å². The number of hydrogen-bond acceptors (Lipinski definition) is 3. The molecule has 1 aliphatic rings. The number of ether oxygens (including phenoxy) is 2. The van der Waals surface area contributed by atoms with E-state index in [4.69, 9.17) is 9.47 Å². The van der Waals surface area contributed by atoms with Crippen LogP contribution in [0.3, 0.4) is 0 Å². The first-order chi connectivity index (χ1) is 8.54. The number of aromatic amines is 1. The molecule has 0 spiro atoms. The van der Waals surface area contributed by atoms with E-state index >= 15 is 0 Å². The van der Waals surface area contributed by atoms with Crippen LogP contribution in [0, 0.1) is 0 Å². The summed E-state index contributed by atoms with van der Waals surface area (Å²) in [7, 11) is 0. The number of H-pyrrole nitrogens is 1. The van der Waals surface area contributed by atoms with Crippen LogP contribution in [-0.4, -0.2) is 29.3 Å². The van der Waals surface area contributed by atoms with E-state index in [9.17, 15) is 0 Å². The maximum absolute atomic E-state index is 5.93. The summed E-state index contributed by atoms with van der Waals surface area (Å²) in [5, 5.41) is 1.12. The third-order valence-electron chi connectivity index (χ3n) is 3.19. The summed E-state index contributed by atoms with van der Waals surface area (Å²) in [6.07, 6.45) is 2.05. The lowest BCUT2D eigenvalue weighted by atomic mass is 9.87. The molecule has 2 aromatic rings. The smallest absolute Gasteiger partial charge is 0.219 e. The molecule has 3 rings (SSSR count). The minimum absolute atomic E-state index is 0.0123. The summed E-state index contributed by atoms with van der Waals surface area (Å²) in [4.78, 5) is 7.72. The molecule has 96 valence electrons. The zero-order valence-electron chi connectivity index (χ0n) is 11.0. The third-order valence-corrected chi connectivity index (χ3v) is 3.19. The number of aromatic nitrogens is 2. The van der Waals surface area contributed by atoms with Gasteiger partial charge in [-0.1, -0.05) is 20.8 Å². The van der Waals surface area contributed by atoms with E-state index in [1.165, 1.54) is 0 Å². The second-order valence-corrected chi connectivity index (χ2v) is 5.78. The van der Waals surface area contributed by atoms with E-state index in [-0.39, 0.29) is 11.5 Å². The van der Waals surface area contributed by atoms with E-state index in [0.29, 0.717) is 13.2 Å². The van der Waals surface area contributed by atoms with Gasteiger partial charge in [0, 0.05) is 17.1 Å². The number of fused-ring (bicyclic) bond motifs is 1. The van der Waals surface area contributed by atoms with Gasteiger partial charge < -0.3 is 14.5 Å². The van der Waals surface area contributed by atoms with Crippen molar-refractivity contribution in [2.75, 3.05) is 13.2 Å². The fourth-order valence-electron chi connectivity index (χ4n) is 2.03. The lowest BCUT2D eigenvalue weighted by molar-refractivity contribution is -0.0818. The van der Waals surface area contributed by atoms with Crippen LogP contribution >= 0.6 is 0 Å². The predicted octanol–water partition coefficient (Wildman–Crippen LogP) is 2.64. The van der Waals surface area contributed by atoms with Gasteiger partial charge in [0.15, 0.2) is 0 Å². The van der Waals surface area contributed by atoms with E-state index in [0.717, 1.165) is 22.5 Å². The first-order valence-corrected chi connectivity index (χ1v) is 6.27. The Morgan fingerprint density at radius 1 is 1.39 bits per heavy atom. The zero-order chi connectivity index (χ0) is 12.8. The average molecular weight is 246 g/mol. The lowest BCUT2D eigenvalue weighted by Gasteiger charge is -2.29. The second kappa shape index (κ2) is 3.99. The Morgan fingerprint density at radius 2 is 2.17 bits per heavy atom. The Hall–Kier alpha value is -1.55. The van der Waals surface area contributed by atoms with Gasteiger partial charge in [-0.3, -0.25) is 0 Å². The summed E-state index contributed by atoms with van der Waals surface area (Å²) in [5.74, 6) is 0.728. The molecule has 2 aromatic heterocycles. The second-order valence-electron chi connectivity index (χ2n) is 5.78. The number of nitrogens with zero attached hydrogens (tertiary/aromatic N) is 1. The third kappa shape index (κ3) is 1.97. The Balaban J connectivity index is 2.06. The molecule has 0 saturated carbocycles. The van der Waals surface area contributed by atoms with E-state index in [2.05, 4.69) is 36.8 Å². The van der Waals surface area contributed by atoms with Crippen molar-refractivity contribution in [2.45, 2.75) is 32.3 Å². The minimum Gasteiger partial charge on any atom is -0.469 e. The molecule has 0 atom stereocenters. The van der Waals surface area contributed by atoms with E-state index < -0.39 is 0 Å². The minimum atomic E-state index is 0.0123. The van der Waals surface area contributed by atoms with Crippen molar-refractivity contribution in [3.05, 3.63) is 23.9 Å². The maximum Gasteiger partial charge on any atom is 0.219 e. The highest BCUT2D eigenvalue weighted by molar-refractivity contribution is 5.77. The van der Waals surface area contributed by atoms with Crippen molar-refractivity contribution in [2.24, 2.45) is 0 Å². The quantitative estimate of drug-likeness (QED) is 0.886. The average Bonchev–Trinajstić information content (AvgIpc) is 2.67. The highest BCUT2D eigenvalue weighted by atomic mass is 16.6. The largest absolute Gasteiger partial charge is 0.469 e. The van der Waals surface area contributed by atoms with Gasteiger partial charge in [-0.05, 0) is 17.5 Å². The summed E-state index contributed by atoms with van der Waals surface area (Å²) >= 11 is 0. The van der Waals surface area contributed by atoms with Gasteiger partial charge >= 0.3 is 0 Å². The summed E-state index contributed by atoms with van der Waals surface area (Å²) in [6, 6.07) is 4.20. The molecule has 1 saturated heterocycles. The molecule has 18 heavy (non-hydrogen) atoms. The van der Waals surface area contributed by atoms with Crippen molar-refractivity contribution in [3.8, 4) is 5.88 Å². The molecule has 0 amide bonds. The summed E-state index contributed by atoms with van der Waals surface area (Å²) in [5.41, 5.74) is 2.03. The van der Waals surface area contributed by atoms with Crippen LogP contribution in [0.2, 0.25) is 0 Å². The maximum atomic E-state index is 5.93. The van der Waals surface area contributed by atoms with Crippen LogP contribution in [0.1, 0.15) is 26.3 Å². The Morgan fingerprint density at radius 3 is 2.78 bits per heavy atom. The molecule has 0 unspecified atom stereocenters. The standard InChI is InChI=1S/C14H18N2O2/c1-14(2,3)11-6-9-4-5-15-12(9)16-13(11)18-10-7-17-8-10/h4-6,10H,7-8H2,1-3H3,(H,15,16). The highest BCUT2D eigenvalue weighted by Crippen LogP contribution is 2.33. The normalized spacial score (nSPS) is 16.8.